The molecule has 0 spiro atoms. The topological polar surface area (TPSA) is 223 Å². The Kier molecular flexibility index (Phi) is 8.94. The molecule has 0 aliphatic heterocycles. The summed E-state index contributed by atoms with van der Waals surface area (Å²) in [6.07, 6.45) is 0.287. The van der Waals surface area contributed by atoms with E-state index in [1.54, 1.807) is 30.3 Å². The number of aromatic carboxylic acids is 1. The maximum Gasteiger partial charge on any atom is 0.336 e. The molecule has 0 fully saturated rings. The smallest absolute Gasteiger partial charge is 0.336 e. The van der Waals surface area contributed by atoms with Gasteiger partial charge in [0.15, 0.2) is 0 Å². The quantitative estimate of drug-likeness (QED) is 0.121. The fourth-order valence-electron chi connectivity index (χ4n) is 4.08. The zero-order chi connectivity index (χ0) is 29.5. The maximum atomic E-state index is 12.7. The van der Waals surface area contributed by atoms with Crippen LogP contribution in [0.1, 0.15) is 49.5 Å². The van der Waals surface area contributed by atoms with Gasteiger partial charge in [0.1, 0.15) is 16.7 Å². The highest BCUT2D eigenvalue weighted by molar-refractivity contribution is 7.17. The first-order chi connectivity index (χ1) is 19.6. The number of aromatic nitrogens is 2. The molecule has 2 heterocycles. The van der Waals surface area contributed by atoms with E-state index in [1.807, 2.05) is 5.38 Å². The normalized spacial score (nSPS) is 11.5. The van der Waals surface area contributed by atoms with E-state index < -0.39 is 29.8 Å². The van der Waals surface area contributed by atoms with Crippen LogP contribution in [-0.4, -0.2) is 56.5 Å². The van der Waals surface area contributed by atoms with Gasteiger partial charge >= 0.3 is 11.9 Å². The number of amides is 2. The lowest BCUT2D eigenvalue weighted by molar-refractivity contribution is -0.139. The molecule has 0 aliphatic rings. The van der Waals surface area contributed by atoms with Gasteiger partial charge in [0.2, 0.25) is 5.95 Å². The molecule has 0 radical (unpaired) electrons. The second-order valence-electron chi connectivity index (χ2n) is 8.95. The third-order valence-corrected chi connectivity index (χ3v) is 7.07. The van der Waals surface area contributed by atoms with Gasteiger partial charge in [0, 0.05) is 24.3 Å². The van der Waals surface area contributed by atoms with Crippen molar-refractivity contribution in [2.45, 2.75) is 25.4 Å². The molecule has 41 heavy (non-hydrogen) atoms. The summed E-state index contributed by atoms with van der Waals surface area (Å²) in [5.41, 5.74) is 13.4. The number of carbonyl (C=O) groups is 4. The predicted molar refractivity (Wildman–Crippen MR) is 154 cm³/mol. The number of fused-ring (bicyclic) bond motifs is 1. The van der Waals surface area contributed by atoms with Gasteiger partial charge in [0.05, 0.1) is 16.5 Å². The van der Waals surface area contributed by atoms with E-state index in [-0.39, 0.29) is 42.0 Å². The van der Waals surface area contributed by atoms with Crippen LogP contribution in [0.2, 0.25) is 0 Å². The van der Waals surface area contributed by atoms with Crippen molar-refractivity contribution in [3.05, 3.63) is 76.2 Å². The zero-order valence-corrected chi connectivity index (χ0v) is 22.4. The molecule has 2 amide bonds. The van der Waals surface area contributed by atoms with Crippen LogP contribution in [0.3, 0.4) is 0 Å². The van der Waals surface area contributed by atoms with E-state index in [1.165, 1.54) is 29.5 Å². The van der Waals surface area contributed by atoms with E-state index in [4.69, 9.17) is 11.5 Å². The van der Waals surface area contributed by atoms with Crippen LogP contribution < -0.4 is 27.4 Å². The summed E-state index contributed by atoms with van der Waals surface area (Å²) in [6, 6.07) is 11.1. The molecule has 14 heteroatoms. The fraction of sp³-hybridized carbons (Fsp3) is 0.185. The Morgan fingerprint density at radius 1 is 0.927 bits per heavy atom. The number of nitrogens with zero attached hydrogens (tertiary/aromatic N) is 2. The molecule has 1 atom stereocenters. The Morgan fingerprint density at radius 2 is 1.63 bits per heavy atom. The Morgan fingerprint density at radius 3 is 2.32 bits per heavy atom. The molecule has 13 nitrogen and oxygen atoms in total. The Bertz CT molecular complexity index is 1610. The lowest BCUT2D eigenvalue weighted by Crippen LogP contribution is -2.41. The molecule has 0 saturated carbocycles. The average molecular weight is 578 g/mol. The van der Waals surface area contributed by atoms with Crippen molar-refractivity contribution in [2.75, 3.05) is 23.3 Å². The minimum Gasteiger partial charge on any atom is -0.480 e. The van der Waals surface area contributed by atoms with Crippen LogP contribution in [0, 0.1) is 0 Å². The van der Waals surface area contributed by atoms with E-state index in [9.17, 15) is 29.4 Å². The average Bonchev–Trinajstić information content (AvgIpc) is 3.36. The molecule has 0 aliphatic carbocycles. The number of benzene rings is 2. The second kappa shape index (κ2) is 12.7. The van der Waals surface area contributed by atoms with E-state index in [0.29, 0.717) is 17.2 Å². The first-order valence-corrected chi connectivity index (χ1v) is 13.3. The number of nitrogens with one attached hydrogen (secondary N) is 3. The summed E-state index contributed by atoms with van der Waals surface area (Å²) in [6.45, 7) is 0.528. The monoisotopic (exact) mass is 577 g/mol. The number of carboxylic acids is 2. The first kappa shape index (κ1) is 28.8. The van der Waals surface area contributed by atoms with E-state index >= 15 is 0 Å². The van der Waals surface area contributed by atoms with Gasteiger partial charge in [-0.1, -0.05) is 12.1 Å². The van der Waals surface area contributed by atoms with Gasteiger partial charge < -0.3 is 37.6 Å². The minimum atomic E-state index is -1.23. The number of nitrogen functional groups attached to an aromatic ring is 2. The molecule has 9 N–H and O–H groups in total. The molecule has 0 saturated heterocycles. The van der Waals surface area contributed by atoms with Crippen molar-refractivity contribution in [1.82, 2.24) is 20.6 Å². The number of anilines is 3. The SMILES string of the molecule is Nc1nc(N)c2c(CNc3ccc(C(=O)NC(CCCNC(=O)c4ccccc4C(=O)O)C(=O)O)cc3)csc2n1. The summed E-state index contributed by atoms with van der Waals surface area (Å²) in [4.78, 5) is 57.0. The molecule has 212 valence electrons. The number of carbonyl (C=O) groups excluding carboxylic acids is 2. The largest absolute Gasteiger partial charge is 0.480 e. The highest BCUT2D eigenvalue weighted by Crippen LogP contribution is 2.29. The number of nitrogens with two attached hydrogens (primary N) is 2. The third kappa shape index (κ3) is 7.05. The molecule has 4 rings (SSSR count). The number of thiophene rings is 1. The van der Waals surface area contributed by atoms with Gasteiger partial charge in [-0.05, 0) is 60.2 Å². The second-order valence-corrected chi connectivity index (χ2v) is 9.81. The van der Waals surface area contributed by atoms with Crippen LogP contribution in [0.4, 0.5) is 17.5 Å². The number of hydrogen-bond donors (Lipinski definition) is 7. The molecule has 2 aromatic heterocycles. The van der Waals surface area contributed by atoms with Gasteiger partial charge in [-0.2, -0.15) is 4.98 Å². The Labute approximate surface area is 237 Å². The Balaban J connectivity index is 1.28. The van der Waals surface area contributed by atoms with Crippen LogP contribution >= 0.6 is 11.3 Å². The van der Waals surface area contributed by atoms with Crippen molar-refractivity contribution in [2.24, 2.45) is 0 Å². The number of carboxylic acid groups (broad SMARTS) is 2. The maximum absolute atomic E-state index is 12.7. The fourth-order valence-corrected chi connectivity index (χ4v) is 5.04. The van der Waals surface area contributed by atoms with Crippen molar-refractivity contribution in [1.29, 1.82) is 0 Å². The standard InChI is InChI=1S/C27H27N7O6S/c28-21-20-15(13-41-24(20)34-27(29)33-21)12-31-16-9-7-14(8-10-16)22(35)32-19(26(39)40)6-3-11-30-23(36)17-4-1-2-5-18(17)25(37)38/h1-2,4-5,7-10,13,19,31H,3,6,11-12H2,(H,30,36)(H,32,35)(H,37,38)(H,39,40)(H4,28,29,33,34). The third-order valence-electron chi connectivity index (χ3n) is 6.15. The minimum absolute atomic E-state index is 0.00743. The number of rotatable bonds is 12. The Hall–Kier alpha value is -5.24. The highest BCUT2D eigenvalue weighted by atomic mass is 32.1. The molecule has 1 unspecified atom stereocenters. The van der Waals surface area contributed by atoms with Gasteiger partial charge in [0.25, 0.3) is 11.8 Å². The molecule has 4 aromatic rings. The van der Waals surface area contributed by atoms with Crippen LogP contribution in [0.5, 0.6) is 0 Å². The van der Waals surface area contributed by atoms with Crippen molar-refractivity contribution in [3.8, 4) is 0 Å². The van der Waals surface area contributed by atoms with Crippen LogP contribution in [-0.2, 0) is 11.3 Å². The van der Waals surface area contributed by atoms with Gasteiger partial charge in [-0.25, -0.2) is 14.6 Å². The van der Waals surface area contributed by atoms with E-state index in [0.717, 1.165) is 16.6 Å². The number of aliphatic carboxylic acids is 1. The predicted octanol–water partition coefficient (Wildman–Crippen LogP) is 2.56. The van der Waals surface area contributed by atoms with E-state index in [2.05, 4.69) is 25.9 Å². The summed E-state index contributed by atoms with van der Waals surface area (Å²) in [5, 5.41) is 29.8. The zero-order valence-electron chi connectivity index (χ0n) is 21.6. The summed E-state index contributed by atoms with van der Waals surface area (Å²) in [7, 11) is 0. The van der Waals surface area contributed by atoms with Gasteiger partial charge in [-0.15, -0.1) is 11.3 Å². The molecular formula is C27H27N7O6S. The molecule has 2 aromatic carbocycles. The number of hydrogen-bond acceptors (Lipinski definition) is 10. The van der Waals surface area contributed by atoms with Crippen LogP contribution in [0.25, 0.3) is 10.2 Å². The highest BCUT2D eigenvalue weighted by Gasteiger charge is 2.21. The molecule has 0 bridgehead atoms. The lowest BCUT2D eigenvalue weighted by Gasteiger charge is -2.15. The lowest BCUT2D eigenvalue weighted by atomic mass is 10.1. The van der Waals surface area contributed by atoms with Crippen molar-refractivity contribution >= 4 is 62.8 Å². The van der Waals surface area contributed by atoms with Crippen molar-refractivity contribution in [3.63, 3.8) is 0 Å². The van der Waals surface area contributed by atoms with Gasteiger partial charge in [-0.3, -0.25) is 9.59 Å². The summed E-state index contributed by atoms with van der Waals surface area (Å²) < 4.78 is 0. The first-order valence-electron chi connectivity index (χ1n) is 12.4. The van der Waals surface area contributed by atoms with Crippen molar-refractivity contribution < 1.29 is 29.4 Å². The summed E-state index contributed by atoms with van der Waals surface area (Å²) >= 11 is 1.41. The summed E-state index contributed by atoms with van der Waals surface area (Å²) in [5.74, 6) is -3.17. The molecular weight excluding hydrogens is 550 g/mol. The van der Waals surface area contributed by atoms with Crippen LogP contribution in [0.15, 0.2) is 53.9 Å².